The minimum absolute atomic E-state index is 0. The van der Waals surface area contributed by atoms with Crippen molar-refractivity contribution in [3.8, 4) is 0 Å². The van der Waals surface area contributed by atoms with Gasteiger partial charge in [-0.1, -0.05) is 13.8 Å². The Bertz CT molecular complexity index is 621. The summed E-state index contributed by atoms with van der Waals surface area (Å²) in [6.45, 7) is 9.80. The van der Waals surface area contributed by atoms with Crippen LogP contribution >= 0.6 is 12.4 Å². The number of rotatable bonds is 8. The van der Waals surface area contributed by atoms with E-state index in [1.807, 2.05) is 0 Å². The molecule has 124 valence electrons. The summed E-state index contributed by atoms with van der Waals surface area (Å²) in [5.41, 5.74) is 4.03. The zero-order chi connectivity index (χ0) is 15.2. The smallest absolute Gasteiger partial charge is 0.278 e. The number of halogens is 1. The van der Waals surface area contributed by atoms with Crippen molar-refractivity contribution in [3.63, 3.8) is 0 Å². The highest BCUT2D eigenvalue weighted by Crippen LogP contribution is 2.05. The summed E-state index contributed by atoms with van der Waals surface area (Å²) in [5.74, 6) is 0. The normalized spacial score (nSPS) is 12.4. The predicted molar refractivity (Wildman–Crippen MR) is 91.2 cm³/mol. The molecule has 0 saturated carbocycles. The lowest BCUT2D eigenvalue weighted by Crippen LogP contribution is -2.28. The van der Waals surface area contributed by atoms with Crippen molar-refractivity contribution < 1.29 is 0 Å². The zero-order valence-electron chi connectivity index (χ0n) is 13.4. The Labute approximate surface area is 136 Å². The van der Waals surface area contributed by atoms with Gasteiger partial charge in [-0.05, 0) is 39.4 Å². The molecule has 2 rings (SSSR count). The fourth-order valence-corrected chi connectivity index (χ4v) is 2.40. The third kappa shape index (κ3) is 4.45. The van der Waals surface area contributed by atoms with E-state index < -0.39 is 0 Å². The Morgan fingerprint density at radius 3 is 2.77 bits per heavy atom. The standard InChI is InChI=1S/C14H24N6O.ClH/c1-4-19(5-2)8-6-7-11(3)18-20-10-17-12-13(20)15-9-16-14(12)21;/h9-11,18H,4-8H2,1-3H3,(H,15,16,21);1H. The molecule has 8 heteroatoms. The van der Waals surface area contributed by atoms with Gasteiger partial charge in [0.2, 0.25) is 0 Å². The molecule has 0 aliphatic carbocycles. The number of nitrogens with zero attached hydrogens (tertiary/aromatic N) is 4. The molecule has 1 unspecified atom stereocenters. The van der Waals surface area contributed by atoms with Gasteiger partial charge in [-0.3, -0.25) is 4.79 Å². The molecule has 2 aromatic heterocycles. The molecule has 1 atom stereocenters. The summed E-state index contributed by atoms with van der Waals surface area (Å²) in [6, 6.07) is 0.291. The van der Waals surface area contributed by atoms with Crippen LogP contribution in [0.3, 0.4) is 0 Å². The van der Waals surface area contributed by atoms with Crippen molar-refractivity contribution in [1.29, 1.82) is 0 Å². The predicted octanol–water partition coefficient (Wildman–Crippen LogP) is 1.60. The van der Waals surface area contributed by atoms with Crippen molar-refractivity contribution in [2.24, 2.45) is 0 Å². The van der Waals surface area contributed by atoms with Crippen LogP contribution < -0.4 is 11.0 Å². The van der Waals surface area contributed by atoms with Crippen LogP contribution in [-0.4, -0.2) is 50.2 Å². The maximum absolute atomic E-state index is 11.6. The van der Waals surface area contributed by atoms with Gasteiger partial charge in [-0.2, -0.15) is 0 Å². The molecule has 0 aliphatic heterocycles. The number of aromatic nitrogens is 4. The van der Waals surface area contributed by atoms with E-state index in [0.29, 0.717) is 17.2 Å². The molecule has 0 bridgehead atoms. The van der Waals surface area contributed by atoms with Gasteiger partial charge >= 0.3 is 0 Å². The van der Waals surface area contributed by atoms with Crippen LogP contribution in [0.15, 0.2) is 17.4 Å². The summed E-state index contributed by atoms with van der Waals surface area (Å²) in [7, 11) is 0. The van der Waals surface area contributed by atoms with Gasteiger partial charge in [0.05, 0.1) is 6.33 Å². The number of aromatic amines is 1. The van der Waals surface area contributed by atoms with Crippen molar-refractivity contribution in [2.45, 2.75) is 39.7 Å². The van der Waals surface area contributed by atoms with E-state index in [4.69, 9.17) is 0 Å². The van der Waals surface area contributed by atoms with E-state index in [1.54, 1.807) is 11.0 Å². The number of fused-ring (bicyclic) bond motifs is 1. The number of H-pyrrole nitrogens is 1. The maximum atomic E-state index is 11.6. The highest BCUT2D eigenvalue weighted by molar-refractivity contribution is 5.85. The van der Waals surface area contributed by atoms with E-state index in [1.165, 1.54) is 6.33 Å². The molecule has 0 fully saturated rings. The lowest BCUT2D eigenvalue weighted by molar-refractivity contribution is 0.294. The van der Waals surface area contributed by atoms with Crippen molar-refractivity contribution in [3.05, 3.63) is 23.0 Å². The van der Waals surface area contributed by atoms with Crippen LogP contribution in [0.1, 0.15) is 33.6 Å². The first kappa shape index (κ1) is 18.4. The molecule has 0 aliphatic rings. The van der Waals surface area contributed by atoms with Crippen LogP contribution in [0.2, 0.25) is 0 Å². The van der Waals surface area contributed by atoms with E-state index in [0.717, 1.165) is 32.5 Å². The Morgan fingerprint density at radius 2 is 2.09 bits per heavy atom. The fraction of sp³-hybridized carbons (Fsp3) is 0.643. The lowest BCUT2D eigenvalue weighted by Gasteiger charge is -2.20. The Balaban J connectivity index is 0.00000242. The lowest BCUT2D eigenvalue weighted by atomic mass is 10.2. The first-order valence-corrected chi connectivity index (χ1v) is 7.55. The van der Waals surface area contributed by atoms with Crippen LogP contribution in [0.4, 0.5) is 0 Å². The molecule has 0 saturated heterocycles. The van der Waals surface area contributed by atoms with E-state index in [2.05, 4.69) is 46.0 Å². The largest absolute Gasteiger partial charge is 0.320 e. The van der Waals surface area contributed by atoms with Gasteiger partial charge in [0.15, 0.2) is 11.2 Å². The molecule has 2 N–H and O–H groups in total. The van der Waals surface area contributed by atoms with Crippen molar-refractivity contribution in [2.75, 3.05) is 25.1 Å². The second-order valence-electron chi connectivity index (χ2n) is 5.22. The van der Waals surface area contributed by atoms with Gasteiger partial charge in [-0.25, -0.2) is 14.6 Å². The summed E-state index contributed by atoms with van der Waals surface area (Å²) < 4.78 is 1.73. The van der Waals surface area contributed by atoms with Crippen LogP contribution in [-0.2, 0) is 0 Å². The SMILES string of the molecule is CCN(CC)CCCC(C)Nn1cnc2c(=O)[nH]cnc21.Cl. The molecule has 2 aromatic rings. The summed E-state index contributed by atoms with van der Waals surface area (Å²) >= 11 is 0. The fourth-order valence-electron chi connectivity index (χ4n) is 2.40. The van der Waals surface area contributed by atoms with Crippen LogP contribution in [0, 0.1) is 0 Å². The van der Waals surface area contributed by atoms with E-state index >= 15 is 0 Å². The first-order valence-electron chi connectivity index (χ1n) is 7.55. The molecular formula is C14H25ClN6O. The van der Waals surface area contributed by atoms with Gasteiger partial charge < -0.3 is 15.3 Å². The second-order valence-corrected chi connectivity index (χ2v) is 5.22. The molecule has 0 aromatic carbocycles. The molecule has 0 amide bonds. The van der Waals surface area contributed by atoms with Crippen LogP contribution in [0.25, 0.3) is 11.2 Å². The zero-order valence-corrected chi connectivity index (χ0v) is 14.2. The first-order chi connectivity index (χ1) is 10.2. The Morgan fingerprint density at radius 1 is 1.36 bits per heavy atom. The van der Waals surface area contributed by atoms with Gasteiger partial charge in [0, 0.05) is 6.04 Å². The highest BCUT2D eigenvalue weighted by Gasteiger charge is 2.09. The molecule has 22 heavy (non-hydrogen) atoms. The quantitative estimate of drug-likeness (QED) is 0.769. The van der Waals surface area contributed by atoms with Gasteiger partial charge in [0.1, 0.15) is 6.33 Å². The van der Waals surface area contributed by atoms with Gasteiger partial charge in [-0.15, -0.1) is 12.4 Å². The number of nitrogens with one attached hydrogen (secondary N) is 2. The van der Waals surface area contributed by atoms with Crippen LogP contribution in [0.5, 0.6) is 0 Å². The second kappa shape index (κ2) is 8.75. The summed E-state index contributed by atoms with van der Waals surface area (Å²) in [6.07, 6.45) is 5.19. The average molecular weight is 329 g/mol. The third-order valence-corrected chi connectivity index (χ3v) is 3.71. The third-order valence-electron chi connectivity index (χ3n) is 3.71. The molecular weight excluding hydrogens is 304 g/mol. The molecule has 2 heterocycles. The summed E-state index contributed by atoms with van der Waals surface area (Å²) in [5, 5.41) is 0. The number of hydrogen-bond acceptors (Lipinski definition) is 5. The molecule has 0 spiro atoms. The number of imidazole rings is 1. The molecule has 0 radical (unpaired) electrons. The van der Waals surface area contributed by atoms with E-state index in [9.17, 15) is 4.79 Å². The minimum atomic E-state index is -0.213. The average Bonchev–Trinajstić information content (AvgIpc) is 2.88. The number of hydrogen-bond donors (Lipinski definition) is 2. The van der Waals surface area contributed by atoms with Gasteiger partial charge in [0.25, 0.3) is 5.56 Å². The van der Waals surface area contributed by atoms with Crippen molar-refractivity contribution >= 4 is 23.6 Å². The maximum Gasteiger partial charge on any atom is 0.278 e. The van der Waals surface area contributed by atoms with Crippen molar-refractivity contribution in [1.82, 2.24) is 24.5 Å². The minimum Gasteiger partial charge on any atom is -0.320 e. The topological polar surface area (TPSA) is 78.8 Å². The molecule has 7 nitrogen and oxygen atoms in total. The van der Waals surface area contributed by atoms with E-state index in [-0.39, 0.29) is 18.0 Å². The summed E-state index contributed by atoms with van der Waals surface area (Å²) in [4.78, 5) is 24.8. The monoisotopic (exact) mass is 328 g/mol. The Hall–Kier alpha value is -1.60. The highest BCUT2D eigenvalue weighted by atomic mass is 35.5. The Kier molecular flexibility index (Phi) is 7.34.